The van der Waals surface area contributed by atoms with Gasteiger partial charge in [-0.25, -0.2) is 9.37 Å². The Morgan fingerprint density at radius 1 is 1.16 bits per heavy atom. The highest BCUT2D eigenvalue weighted by molar-refractivity contribution is 7.11. The molecule has 1 amide bonds. The number of nitrogens with two attached hydrogens (primary N) is 1. The molecule has 31 heavy (non-hydrogen) atoms. The van der Waals surface area contributed by atoms with Crippen LogP contribution in [0.3, 0.4) is 0 Å². The first kappa shape index (κ1) is 23.0. The number of aryl methyl sites for hydroxylation is 1. The fourth-order valence-electron chi connectivity index (χ4n) is 3.37. The number of hydrogen-bond acceptors (Lipinski definition) is 3. The second kappa shape index (κ2) is 8.10. The molecule has 0 bridgehead atoms. The van der Waals surface area contributed by atoms with E-state index in [4.69, 9.17) is 5.73 Å². The molecule has 1 unspecified atom stereocenters. The van der Waals surface area contributed by atoms with Gasteiger partial charge < -0.3 is 5.73 Å². The largest absolute Gasteiger partial charge is 0.416 e. The minimum atomic E-state index is -4.75. The van der Waals surface area contributed by atoms with Gasteiger partial charge in [-0.2, -0.15) is 26.3 Å². The molecule has 3 rings (SSSR count). The smallest absolute Gasteiger partial charge is 0.366 e. The lowest BCUT2D eigenvalue weighted by Crippen LogP contribution is -2.25. The summed E-state index contributed by atoms with van der Waals surface area (Å²) in [7, 11) is 0. The molecule has 166 valence electrons. The average molecular weight is 464 g/mol. The molecule has 0 saturated heterocycles. The van der Waals surface area contributed by atoms with E-state index in [1.807, 2.05) is 0 Å². The fourth-order valence-corrected chi connectivity index (χ4v) is 4.55. The Balaban J connectivity index is 1.89. The third kappa shape index (κ3) is 5.15. The quantitative estimate of drug-likeness (QED) is 0.600. The van der Waals surface area contributed by atoms with Crippen LogP contribution in [0.4, 0.5) is 30.7 Å². The minimum Gasteiger partial charge on any atom is -0.366 e. The van der Waals surface area contributed by atoms with Crippen LogP contribution in [0.15, 0.2) is 41.5 Å². The predicted molar refractivity (Wildman–Crippen MR) is 99.8 cm³/mol. The summed E-state index contributed by atoms with van der Waals surface area (Å²) in [6, 6.07) is 2.15. The van der Waals surface area contributed by atoms with Crippen LogP contribution in [0, 0.1) is 12.7 Å². The number of primary amides is 1. The molecule has 1 atom stereocenters. The first-order valence-electron chi connectivity index (χ1n) is 8.87. The SMILES string of the molecule is Cc1nc(Cc2cc(F)cc(C(F)(F)F)c2)sc1C1C=CC(C(N)=O)=C(C(F)(F)F)C1. The number of alkyl halides is 6. The molecule has 1 heterocycles. The lowest BCUT2D eigenvalue weighted by Gasteiger charge is -2.22. The van der Waals surface area contributed by atoms with Gasteiger partial charge in [0.25, 0.3) is 0 Å². The van der Waals surface area contributed by atoms with Gasteiger partial charge in [0.1, 0.15) is 5.82 Å². The van der Waals surface area contributed by atoms with Crippen LogP contribution in [0.5, 0.6) is 0 Å². The summed E-state index contributed by atoms with van der Waals surface area (Å²) in [6.45, 7) is 1.57. The van der Waals surface area contributed by atoms with Crippen molar-refractivity contribution in [3.8, 4) is 0 Å². The number of benzene rings is 1. The van der Waals surface area contributed by atoms with Crippen LogP contribution in [-0.2, 0) is 17.4 Å². The van der Waals surface area contributed by atoms with Crippen molar-refractivity contribution < 1.29 is 35.5 Å². The first-order chi connectivity index (χ1) is 14.3. The maximum atomic E-state index is 13.6. The first-order valence-corrected chi connectivity index (χ1v) is 9.68. The van der Waals surface area contributed by atoms with Crippen molar-refractivity contribution in [2.75, 3.05) is 0 Å². The number of amides is 1. The molecule has 1 aromatic carbocycles. The van der Waals surface area contributed by atoms with Gasteiger partial charge in [0, 0.05) is 28.4 Å². The van der Waals surface area contributed by atoms with Crippen molar-refractivity contribution >= 4 is 17.2 Å². The zero-order valence-corrected chi connectivity index (χ0v) is 16.7. The van der Waals surface area contributed by atoms with E-state index < -0.39 is 53.1 Å². The van der Waals surface area contributed by atoms with E-state index in [-0.39, 0.29) is 12.0 Å². The zero-order chi connectivity index (χ0) is 23.1. The topological polar surface area (TPSA) is 56.0 Å². The second-order valence-electron chi connectivity index (χ2n) is 7.00. The highest BCUT2D eigenvalue weighted by Gasteiger charge is 2.40. The summed E-state index contributed by atoms with van der Waals surface area (Å²) < 4.78 is 92.4. The summed E-state index contributed by atoms with van der Waals surface area (Å²) >= 11 is 1.03. The Hall–Kier alpha value is -2.69. The van der Waals surface area contributed by atoms with Crippen molar-refractivity contribution in [2.24, 2.45) is 5.73 Å². The van der Waals surface area contributed by atoms with E-state index in [9.17, 15) is 35.5 Å². The van der Waals surface area contributed by atoms with Crippen molar-refractivity contribution in [3.05, 3.63) is 74.0 Å². The summed E-state index contributed by atoms with van der Waals surface area (Å²) in [5.74, 6) is -2.97. The van der Waals surface area contributed by atoms with Gasteiger partial charge in [-0.15, -0.1) is 11.3 Å². The third-order valence-corrected chi connectivity index (χ3v) is 6.00. The number of aromatic nitrogens is 1. The van der Waals surface area contributed by atoms with Crippen molar-refractivity contribution in [1.82, 2.24) is 4.98 Å². The number of allylic oxidation sites excluding steroid dienone is 2. The molecular formula is C20H15F7N2OS. The van der Waals surface area contributed by atoms with Crippen LogP contribution in [0.25, 0.3) is 0 Å². The number of nitrogens with zero attached hydrogens (tertiary/aromatic N) is 1. The maximum absolute atomic E-state index is 13.6. The van der Waals surface area contributed by atoms with Gasteiger partial charge in [0.05, 0.1) is 16.3 Å². The van der Waals surface area contributed by atoms with Gasteiger partial charge in [-0.3, -0.25) is 4.79 Å². The van der Waals surface area contributed by atoms with E-state index in [0.717, 1.165) is 29.5 Å². The molecule has 1 aliphatic carbocycles. The number of carbonyl (C=O) groups excluding carboxylic acids is 1. The monoisotopic (exact) mass is 464 g/mol. The van der Waals surface area contributed by atoms with E-state index in [2.05, 4.69) is 4.98 Å². The Labute approximate surface area is 176 Å². The Morgan fingerprint density at radius 2 is 1.84 bits per heavy atom. The lowest BCUT2D eigenvalue weighted by atomic mass is 9.87. The van der Waals surface area contributed by atoms with Gasteiger partial charge in [0.2, 0.25) is 5.91 Å². The molecule has 0 spiro atoms. The Kier molecular flexibility index (Phi) is 6.01. The minimum absolute atomic E-state index is 0.0405. The van der Waals surface area contributed by atoms with Crippen LogP contribution in [0.1, 0.15) is 39.0 Å². The van der Waals surface area contributed by atoms with Crippen molar-refractivity contribution in [1.29, 1.82) is 0 Å². The van der Waals surface area contributed by atoms with Gasteiger partial charge in [0.15, 0.2) is 0 Å². The summed E-state index contributed by atoms with van der Waals surface area (Å²) in [4.78, 5) is 16.1. The van der Waals surface area contributed by atoms with Crippen LogP contribution < -0.4 is 5.73 Å². The molecule has 0 radical (unpaired) electrons. The average Bonchev–Trinajstić information content (AvgIpc) is 2.99. The Morgan fingerprint density at radius 3 is 2.42 bits per heavy atom. The van der Waals surface area contributed by atoms with Crippen molar-refractivity contribution in [2.45, 2.75) is 38.0 Å². The van der Waals surface area contributed by atoms with E-state index in [1.165, 1.54) is 6.08 Å². The standard InChI is InChI=1S/C20H15F7N2OS/c1-9-17(11-2-3-14(18(28)30)15(7-11)20(25,26)27)31-16(29-9)6-10-4-12(19(22,23)24)8-13(21)5-10/h2-5,8,11H,6-7H2,1H3,(H2,28,30). The lowest BCUT2D eigenvalue weighted by molar-refractivity contribution is -0.137. The van der Waals surface area contributed by atoms with Crippen LogP contribution >= 0.6 is 11.3 Å². The molecule has 11 heteroatoms. The molecule has 1 aromatic heterocycles. The normalized spacial score (nSPS) is 17.4. The molecule has 0 saturated carbocycles. The summed E-state index contributed by atoms with van der Waals surface area (Å²) in [5, 5.41) is 0.331. The van der Waals surface area contributed by atoms with E-state index in [0.29, 0.717) is 21.6 Å². The number of halogens is 7. The Bertz CT molecular complexity index is 1080. The van der Waals surface area contributed by atoms with Gasteiger partial charge in [-0.1, -0.05) is 12.2 Å². The van der Waals surface area contributed by atoms with E-state index >= 15 is 0 Å². The number of hydrogen-bond donors (Lipinski definition) is 1. The molecule has 0 aliphatic heterocycles. The summed E-state index contributed by atoms with van der Waals surface area (Å²) in [6.07, 6.45) is -7.64. The highest BCUT2D eigenvalue weighted by atomic mass is 32.1. The fraction of sp³-hybridized carbons (Fsp3) is 0.300. The second-order valence-corrected chi connectivity index (χ2v) is 8.12. The van der Waals surface area contributed by atoms with Crippen molar-refractivity contribution in [3.63, 3.8) is 0 Å². The number of rotatable bonds is 4. The summed E-state index contributed by atoms with van der Waals surface area (Å²) in [5.41, 5.74) is 2.71. The maximum Gasteiger partial charge on any atom is 0.416 e. The number of thiazole rings is 1. The molecule has 2 N–H and O–H groups in total. The third-order valence-electron chi connectivity index (χ3n) is 4.71. The predicted octanol–water partition coefficient (Wildman–Crippen LogP) is 5.59. The van der Waals surface area contributed by atoms with Crippen LogP contribution in [-0.4, -0.2) is 17.1 Å². The number of carbonyl (C=O) groups is 1. The molecule has 0 fully saturated rings. The molecule has 3 nitrogen and oxygen atoms in total. The van der Waals surface area contributed by atoms with Crippen LogP contribution in [0.2, 0.25) is 0 Å². The zero-order valence-electron chi connectivity index (χ0n) is 15.9. The molecule has 1 aliphatic rings. The molecular weight excluding hydrogens is 449 g/mol. The van der Waals surface area contributed by atoms with Gasteiger partial charge in [-0.05, 0) is 37.1 Å². The van der Waals surface area contributed by atoms with E-state index in [1.54, 1.807) is 6.92 Å². The molecule has 2 aromatic rings. The van der Waals surface area contributed by atoms with Gasteiger partial charge >= 0.3 is 12.4 Å². The highest BCUT2D eigenvalue weighted by Crippen LogP contribution is 2.42.